The van der Waals surface area contributed by atoms with Crippen LogP contribution in [0.25, 0.3) is 0 Å². The molecule has 1 N–H and O–H groups in total. The summed E-state index contributed by atoms with van der Waals surface area (Å²) < 4.78 is 5.34. The highest BCUT2D eigenvalue weighted by atomic mass is 16.3. The van der Waals surface area contributed by atoms with Crippen molar-refractivity contribution in [1.82, 2.24) is 5.32 Å². The Hall–Kier alpha value is -1.74. The van der Waals surface area contributed by atoms with E-state index in [1.807, 2.05) is 13.0 Å². The number of nitrogens with one attached hydrogen (secondary N) is 1. The van der Waals surface area contributed by atoms with Crippen LogP contribution in [0.5, 0.6) is 0 Å². The molecule has 0 aliphatic carbocycles. The summed E-state index contributed by atoms with van der Waals surface area (Å²) in [5, 5.41) is 3.42. The highest BCUT2D eigenvalue weighted by Crippen LogP contribution is 2.18. The standard InChI is InChI=1S/C17H24N2O/c1-4-10-18-12-15-5-7-17(8-6-15)19(3)13-16-9-11-20-14(16)2/h5-9,11,18H,4,10,12-13H2,1-3H3. The molecule has 0 saturated carbocycles. The summed E-state index contributed by atoms with van der Waals surface area (Å²) in [7, 11) is 2.11. The number of anilines is 1. The van der Waals surface area contributed by atoms with Crippen molar-refractivity contribution in [2.45, 2.75) is 33.4 Å². The molecule has 3 heteroatoms. The van der Waals surface area contributed by atoms with Gasteiger partial charge < -0.3 is 14.6 Å². The van der Waals surface area contributed by atoms with Crippen molar-refractivity contribution >= 4 is 5.69 Å². The highest BCUT2D eigenvalue weighted by molar-refractivity contribution is 5.47. The van der Waals surface area contributed by atoms with Crippen LogP contribution in [0, 0.1) is 6.92 Å². The fraction of sp³-hybridized carbons (Fsp3) is 0.412. The molecule has 1 aromatic heterocycles. The van der Waals surface area contributed by atoms with Gasteiger partial charge in [0.1, 0.15) is 5.76 Å². The van der Waals surface area contributed by atoms with E-state index in [9.17, 15) is 0 Å². The number of aryl methyl sites for hydroxylation is 1. The van der Waals surface area contributed by atoms with Gasteiger partial charge in [-0.25, -0.2) is 0 Å². The molecule has 0 aliphatic rings. The number of furan rings is 1. The molecule has 0 amide bonds. The van der Waals surface area contributed by atoms with Crippen molar-refractivity contribution in [2.24, 2.45) is 0 Å². The topological polar surface area (TPSA) is 28.4 Å². The Morgan fingerprint density at radius 3 is 2.50 bits per heavy atom. The Labute approximate surface area is 121 Å². The Balaban J connectivity index is 1.93. The van der Waals surface area contributed by atoms with Crippen molar-refractivity contribution in [3.8, 4) is 0 Å². The fourth-order valence-electron chi connectivity index (χ4n) is 2.20. The van der Waals surface area contributed by atoms with Crippen LogP contribution in [0.1, 0.15) is 30.2 Å². The molecule has 0 spiro atoms. The maximum absolute atomic E-state index is 5.34. The molecule has 1 heterocycles. The second kappa shape index (κ2) is 7.15. The molecule has 0 bridgehead atoms. The van der Waals surface area contributed by atoms with Crippen LogP contribution in [0.3, 0.4) is 0 Å². The van der Waals surface area contributed by atoms with Crippen LogP contribution in [-0.4, -0.2) is 13.6 Å². The molecule has 1 aromatic carbocycles. The molecule has 2 aromatic rings. The van der Waals surface area contributed by atoms with E-state index in [1.165, 1.54) is 23.2 Å². The lowest BCUT2D eigenvalue weighted by molar-refractivity contribution is 0.529. The van der Waals surface area contributed by atoms with Crippen LogP contribution < -0.4 is 10.2 Å². The zero-order chi connectivity index (χ0) is 14.4. The lowest BCUT2D eigenvalue weighted by Gasteiger charge is -2.19. The normalized spacial score (nSPS) is 10.8. The minimum absolute atomic E-state index is 0.871. The van der Waals surface area contributed by atoms with E-state index in [4.69, 9.17) is 4.42 Å². The van der Waals surface area contributed by atoms with Crippen molar-refractivity contribution < 1.29 is 4.42 Å². The lowest BCUT2D eigenvalue weighted by Crippen LogP contribution is -2.17. The van der Waals surface area contributed by atoms with Gasteiger partial charge in [-0.15, -0.1) is 0 Å². The molecule has 2 rings (SSSR count). The van der Waals surface area contributed by atoms with E-state index >= 15 is 0 Å². The molecular weight excluding hydrogens is 248 g/mol. The van der Waals surface area contributed by atoms with Crippen LogP contribution >= 0.6 is 0 Å². The minimum atomic E-state index is 0.871. The first-order valence-electron chi connectivity index (χ1n) is 7.24. The van der Waals surface area contributed by atoms with E-state index in [0.717, 1.165) is 25.4 Å². The summed E-state index contributed by atoms with van der Waals surface area (Å²) in [6, 6.07) is 10.8. The predicted octanol–water partition coefficient (Wildman–Crippen LogP) is 3.72. The summed E-state index contributed by atoms with van der Waals surface area (Å²) in [4.78, 5) is 2.24. The molecule has 0 radical (unpaired) electrons. The van der Waals surface area contributed by atoms with Crippen molar-refractivity contribution in [3.63, 3.8) is 0 Å². The minimum Gasteiger partial charge on any atom is -0.469 e. The van der Waals surface area contributed by atoms with E-state index in [-0.39, 0.29) is 0 Å². The highest BCUT2D eigenvalue weighted by Gasteiger charge is 2.06. The molecule has 3 nitrogen and oxygen atoms in total. The van der Waals surface area contributed by atoms with E-state index < -0.39 is 0 Å². The lowest BCUT2D eigenvalue weighted by atomic mass is 10.1. The molecule has 0 aliphatic heterocycles. The van der Waals surface area contributed by atoms with E-state index in [0.29, 0.717) is 0 Å². The van der Waals surface area contributed by atoms with Gasteiger partial charge in [0, 0.05) is 31.4 Å². The monoisotopic (exact) mass is 272 g/mol. The largest absolute Gasteiger partial charge is 0.469 e. The maximum Gasteiger partial charge on any atom is 0.105 e. The first kappa shape index (κ1) is 14.7. The quantitative estimate of drug-likeness (QED) is 0.779. The van der Waals surface area contributed by atoms with Gasteiger partial charge in [-0.3, -0.25) is 0 Å². The smallest absolute Gasteiger partial charge is 0.105 e. The third kappa shape index (κ3) is 3.87. The first-order chi connectivity index (χ1) is 9.70. The average molecular weight is 272 g/mol. The molecule has 20 heavy (non-hydrogen) atoms. The van der Waals surface area contributed by atoms with Gasteiger partial charge >= 0.3 is 0 Å². The molecule has 0 saturated heterocycles. The predicted molar refractivity (Wildman–Crippen MR) is 84.0 cm³/mol. The third-order valence-electron chi connectivity index (χ3n) is 3.51. The van der Waals surface area contributed by atoms with Crippen LogP contribution in [0.4, 0.5) is 5.69 Å². The molecule has 0 fully saturated rings. The first-order valence-corrected chi connectivity index (χ1v) is 7.24. The Kier molecular flexibility index (Phi) is 5.24. The zero-order valence-corrected chi connectivity index (χ0v) is 12.6. The van der Waals surface area contributed by atoms with Gasteiger partial charge in [-0.2, -0.15) is 0 Å². The Bertz CT molecular complexity index is 516. The van der Waals surface area contributed by atoms with Crippen LogP contribution in [-0.2, 0) is 13.1 Å². The average Bonchev–Trinajstić information content (AvgIpc) is 2.85. The van der Waals surface area contributed by atoms with Gasteiger partial charge in [-0.1, -0.05) is 19.1 Å². The Morgan fingerprint density at radius 2 is 1.90 bits per heavy atom. The summed E-state index contributed by atoms with van der Waals surface area (Å²) in [6.45, 7) is 7.07. The van der Waals surface area contributed by atoms with Crippen LogP contribution in [0.15, 0.2) is 41.0 Å². The molecule has 108 valence electrons. The molecule has 0 atom stereocenters. The van der Waals surface area contributed by atoms with Gasteiger partial charge in [0.2, 0.25) is 0 Å². The van der Waals surface area contributed by atoms with Crippen molar-refractivity contribution in [2.75, 3.05) is 18.5 Å². The van der Waals surface area contributed by atoms with Gasteiger partial charge in [0.15, 0.2) is 0 Å². The number of nitrogens with zero attached hydrogens (tertiary/aromatic N) is 1. The van der Waals surface area contributed by atoms with Gasteiger partial charge in [0.25, 0.3) is 0 Å². The van der Waals surface area contributed by atoms with Gasteiger partial charge in [-0.05, 0) is 43.7 Å². The fourth-order valence-corrected chi connectivity index (χ4v) is 2.20. The molecule has 0 unspecified atom stereocenters. The molecular formula is C17H24N2O. The zero-order valence-electron chi connectivity index (χ0n) is 12.6. The second-order valence-electron chi connectivity index (χ2n) is 5.20. The van der Waals surface area contributed by atoms with Gasteiger partial charge in [0.05, 0.1) is 6.26 Å². The van der Waals surface area contributed by atoms with Crippen LogP contribution in [0.2, 0.25) is 0 Å². The second-order valence-corrected chi connectivity index (χ2v) is 5.20. The number of hydrogen-bond donors (Lipinski definition) is 1. The summed E-state index contributed by atoms with van der Waals surface area (Å²) in [6.07, 6.45) is 2.92. The summed E-state index contributed by atoms with van der Waals surface area (Å²) in [5.41, 5.74) is 3.79. The summed E-state index contributed by atoms with van der Waals surface area (Å²) >= 11 is 0. The van der Waals surface area contributed by atoms with E-state index in [1.54, 1.807) is 6.26 Å². The van der Waals surface area contributed by atoms with Crippen molar-refractivity contribution in [1.29, 1.82) is 0 Å². The van der Waals surface area contributed by atoms with E-state index in [2.05, 4.69) is 48.5 Å². The SMILES string of the molecule is CCCNCc1ccc(N(C)Cc2ccoc2C)cc1. The maximum atomic E-state index is 5.34. The summed E-state index contributed by atoms with van der Waals surface area (Å²) in [5.74, 6) is 0.997. The number of hydrogen-bond acceptors (Lipinski definition) is 3. The van der Waals surface area contributed by atoms with Crippen molar-refractivity contribution in [3.05, 3.63) is 53.5 Å². The third-order valence-corrected chi connectivity index (χ3v) is 3.51. The number of benzene rings is 1. The number of rotatable bonds is 7. The Morgan fingerprint density at radius 1 is 1.15 bits per heavy atom.